The number of benzene rings is 1. The molecule has 112 valence electrons. The normalized spacial score (nSPS) is 11.6. The number of aromatic nitrogens is 2. The van der Waals surface area contributed by atoms with Crippen molar-refractivity contribution < 1.29 is 8.42 Å². The molecule has 0 atom stereocenters. The van der Waals surface area contributed by atoms with Gasteiger partial charge in [0, 0.05) is 12.7 Å². The highest BCUT2D eigenvalue weighted by molar-refractivity contribution is 7.89. The number of nitrogens with one attached hydrogen (secondary N) is 1. The molecule has 21 heavy (non-hydrogen) atoms. The summed E-state index contributed by atoms with van der Waals surface area (Å²) in [6, 6.07) is 5.06. The number of sulfonamides is 1. The molecule has 0 radical (unpaired) electrons. The molecular formula is C14H18N4O2S. The van der Waals surface area contributed by atoms with Gasteiger partial charge in [-0.15, -0.1) is 0 Å². The van der Waals surface area contributed by atoms with Crippen molar-refractivity contribution in [2.75, 3.05) is 0 Å². The van der Waals surface area contributed by atoms with Crippen LogP contribution >= 0.6 is 0 Å². The summed E-state index contributed by atoms with van der Waals surface area (Å²) in [5.41, 5.74) is 8.47. The standard InChI is InChI=1S/C14H18N4O2S/c1-10-5-12(6-15)3-4-14(10)21(19,20)18-9-13-8-16-11(2)7-17-13/h3-5,7-8,18H,6,9,15H2,1-2H3. The van der Waals surface area contributed by atoms with Gasteiger partial charge in [-0.3, -0.25) is 9.97 Å². The molecule has 1 heterocycles. The Labute approximate surface area is 124 Å². The van der Waals surface area contributed by atoms with E-state index in [-0.39, 0.29) is 11.4 Å². The lowest BCUT2D eigenvalue weighted by Crippen LogP contribution is -2.24. The lowest BCUT2D eigenvalue weighted by Gasteiger charge is -2.10. The molecule has 2 rings (SSSR count). The molecule has 0 bridgehead atoms. The van der Waals surface area contributed by atoms with E-state index < -0.39 is 10.0 Å². The van der Waals surface area contributed by atoms with Gasteiger partial charge in [0.2, 0.25) is 10.0 Å². The summed E-state index contributed by atoms with van der Waals surface area (Å²) in [6.07, 6.45) is 3.16. The number of rotatable bonds is 5. The third kappa shape index (κ3) is 3.84. The van der Waals surface area contributed by atoms with Gasteiger partial charge in [0.15, 0.2) is 0 Å². The Hall–Kier alpha value is -1.83. The Kier molecular flexibility index (Phi) is 4.66. The van der Waals surface area contributed by atoms with Crippen LogP contribution in [0.3, 0.4) is 0 Å². The highest BCUT2D eigenvalue weighted by atomic mass is 32.2. The van der Waals surface area contributed by atoms with Crippen LogP contribution in [-0.2, 0) is 23.1 Å². The molecule has 2 aromatic rings. The average Bonchev–Trinajstić information content (AvgIpc) is 2.46. The fourth-order valence-corrected chi connectivity index (χ4v) is 3.12. The van der Waals surface area contributed by atoms with Crippen LogP contribution in [0.1, 0.15) is 22.5 Å². The van der Waals surface area contributed by atoms with E-state index in [9.17, 15) is 8.42 Å². The smallest absolute Gasteiger partial charge is 0.241 e. The SMILES string of the molecule is Cc1cnc(CNS(=O)(=O)c2ccc(CN)cc2C)cn1. The molecule has 0 amide bonds. The summed E-state index contributed by atoms with van der Waals surface area (Å²) in [6.45, 7) is 4.06. The largest absolute Gasteiger partial charge is 0.326 e. The highest BCUT2D eigenvalue weighted by Crippen LogP contribution is 2.16. The lowest BCUT2D eigenvalue weighted by molar-refractivity contribution is 0.579. The molecule has 7 heteroatoms. The molecule has 0 aliphatic rings. The second-order valence-corrected chi connectivity index (χ2v) is 6.51. The van der Waals surface area contributed by atoms with Crippen molar-refractivity contribution in [1.82, 2.24) is 14.7 Å². The van der Waals surface area contributed by atoms with Crippen LogP contribution in [0.5, 0.6) is 0 Å². The molecule has 0 aliphatic carbocycles. The summed E-state index contributed by atoms with van der Waals surface area (Å²) < 4.78 is 27.1. The Morgan fingerprint density at radius 3 is 2.52 bits per heavy atom. The molecule has 0 unspecified atom stereocenters. The first-order chi connectivity index (χ1) is 9.92. The van der Waals surface area contributed by atoms with Gasteiger partial charge in [0.1, 0.15) is 0 Å². The van der Waals surface area contributed by atoms with Gasteiger partial charge < -0.3 is 5.73 Å². The van der Waals surface area contributed by atoms with E-state index in [4.69, 9.17) is 5.73 Å². The number of nitrogens with zero attached hydrogens (tertiary/aromatic N) is 2. The maximum Gasteiger partial charge on any atom is 0.241 e. The van der Waals surface area contributed by atoms with Gasteiger partial charge in [-0.1, -0.05) is 12.1 Å². The zero-order valence-electron chi connectivity index (χ0n) is 12.0. The van der Waals surface area contributed by atoms with Gasteiger partial charge >= 0.3 is 0 Å². The Morgan fingerprint density at radius 2 is 1.95 bits per heavy atom. The van der Waals surface area contributed by atoms with Crippen LogP contribution in [0.2, 0.25) is 0 Å². The quantitative estimate of drug-likeness (QED) is 0.860. The third-order valence-electron chi connectivity index (χ3n) is 3.04. The van der Waals surface area contributed by atoms with Crippen molar-refractivity contribution in [3.63, 3.8) is 0 Å². The van der Waals surface area contributed by atoms with Gasteiger partial charge in [-0.05, 0) is 31.0 Å². The monoisotopic (exact) mass is 306 g/mol. The van der Waals surface area contributed by atoms with E-state index in [1.165, 1.54) is 0 Å². The van der Waals surface area contributed by atoms with E-state index in [0.29, 0.717) is 17.8 Å². The molecule has 1 aromatic heterocycles. The molecule has 0 aliphatic heterocycles. The zero-order chi connectivity index (χ0) is 15.5. The van der Waals surface area contributed by atoms with Gasteiger partial charge in [-0.25, -0.2) is 13.1 Å². The second kappa shape index (κ2) is 6.30. The molecule has 6 nitrogen and oxygen atoms in total. The molecule has 3 N–H and O–H groups in total. The van der Waals surface area contributed by atoms with Crippen molar-refractivity contribution in [2.24, 2.45) is 5.73 Å². The minimum absolute atomic E-state index is 0.105. The van der Waals surface area contributed by atoms with E-state index in [0.717, 1.165) is 11.3 Å². The maximum absolute atomic E-state index is 12.3. The summed E-state index contributed by atoms with van der Waals surface area (Å²) in [5.74, 6) is 0. The zero-order valence-corrected chi connectivity index (χ0v) is 12.8. The summed E-state index contributed by atoms with van der Waals surface area (Å²) in [7, 11) is -3.58. The lowest BCUT2D eigenvalue weighted by atomic mass is 10.1. The van der Waals surface area contributed by atoms with Gasteiger partial charge in [0.05, 0.1) is 29.0 Å². The molecule has 1 aromatic carbocycles. The van der Waals surface area contributed by atoms with E-state index >= 15 is 0 Å². The molecule has 0 spiro atoms. The minimum Gasteiger partial charge on any atom is -0.326 e. The van der Waals surface area contributed by atoms with E-state index in [2.05, 4.69) is 14.7 Å². The Balaban J connectivity index is 2.16. The summed E-state index contributed by atoms with van der Waals surface area (Å²) in [5, 5.41) is 0. The van der Waals surface area contributed by atoms with Gasteiger partial charge in [0.25, 0.3) is 0 Å². The molecule has 0 saturated heterocycles. The first-order valence-corrected chi connectivity index (χ1v) is 7.97. The number of nitrogens with two attached hydrogens (primary N) is 1. The molecular weight excluding hydrogens is 288 g/mol. The number of hydrogen-bond acceptors (Lipinski definition) is 5. The van der Waals surface area contributed by atoms with Gasteiger partial charge in [-0.2, -0.15) is 0 Å². The topological polar surface area (TPSA) is 98.0 Å². The number of aryl methyl sites for hydroxylation is 2. The predicted molar refractivity (Wildman–Crippen MR) is 79.9 cm³/mol. The number of hydrogen-bond donors (Lipinski definition) is 2. The maximum atomic E-state index is 12.3. The molecule has 0 saturated carbocycles. The Morgan fingerprint density at radius 1 is 1.19 bits per heavy atom. The first kappa shape index (κ1) is 15.6. The van der Waals surface area contributed by atoms with Crippen LogP contribution in [-0.4, -0.2) is 18.4 Å². The van der Waals surface area contributed by atoms with E-state index in [1.54, 1.807) is 37.5 Å². The summed E-state index contributed by atoms with van der Waals surface area (Å²) in [4.78, 5) is 8.45. The Bertz CT molecular complexity index is 727. The predicted octanol–water partition coefficient (Wildman–Crippen LogP) is 1.03. The van der Waals surface area contributed by atoms with Crippen LogP contribution in [0, 0.1) is 13.8 Å². The fraction of sp³-hybridized carbons (Fsp3) is 0.286. The van der Waals surface area contributed by atoms with Crippen molar-refractivity contribution in [2.45, 2.75) is 31.8 Å². The van der Waals surface area contributed by atoms with E-state index in [1.807, 2.05) is 6.92 Å². The third-order valence-corrected chi connectivity index (χ3v) is 4.60. The van der Waals surface area contributed by atoms with Crippen molar-refractivity contribution in [1.29, 1.82) is 0 Å². The average molecular weight is 306 g/mol. The van der Waals surface area contributed by atoms with Crippen LogP contribution < -0.4 is 10.5 Å². The van der Waals surface area contributed by atoms with Crippen molar-refractivity contribution >= 4 is 10.0 Å². The summed E-state index contributed by atoms with van der Waals surface area (Å²) >= 11 is 0. The second-order valence-electron chi connectivity index (χ2n) is 4.78. The fourth-order valence-electron chi connectivity index (χ4n) is 1.90. The van der Waals surface area contributed by atoms with Crippen LogP contribution in [0.15, 0.2) is 35.5 Å². The molecule has 0 fully saturated rings. The van der Waals surface area contributed by atoms with Crippen LogP contribution in [0.4, 0.5) is 0 Å². The van der Waals surface area contributed by atoms with Crippen LogP contribution in [0.25, 0.3) is 0 Å². The highest BCUT2D eigenvalue weighted by Gasteiger charge is 2.16. The first-order valence-electron chi connectivity index (χ1n) is 6.49. The van der Waals surface area contributed by atoms with Crippen molar-refractivity contribution in [3.05, 3.63) is 53.1 Å². The van der Waals surface area contributed by atoms with Crippen molar-refractivity contribution in [3.8, 4) is 0 Å². The minimum atomic E-state index is -3.58.